The number of hydrogen-bond acceptors (Lipinski definition) is 3. The number of rotatable bonds is 2. The highest BCUT2D eigenvalue weighted by atomic mass is 16.5. The van der Waals surface area contributed by atoms with Crippen LogP contribution in [0.15, 0.2) is 17.9 Å². The van der Waals surface area contributed by atoms with Gasteiger partial charge in [0.15, 0.2) is 0 Å². The van der Waals surface area contributed by atoms with Gasteiger partial charge < -0.3 is 10.5 Å². The summed E-state index contributed by atoms with van der Waals surface area (Å²) in [5.41, 5.74) is 8.08. The second kappa shape index (κ2) is 2.53. The van der Waals surface area contributed by atoms with Gasteiger partial charge in [-0.25, -0.2) is 4.79 Å². The molecule has 0 unspecified atom stereocenters. The van der Waals surface area contributed by atoms with Gasteiger partial charge in [0.1, 0.15) is 5.54 Å². The monoisotopic (exact) mass is 153 g/mol. The molecular formula is C8H11NO2. The molecule has 0 saturated heterocycles. The maximum Gasteiger partial charge on any atom is 0.331 e. The molecule has 0 aromatic carbocycles. The van der Waals surface area contributed by atoms with Crippen molar-refractivity contribution < 1.29 is 9.53 Å². The second-order valence-electron chi connectivity index (χ2n) is 2.52. The first kappa shape index (κ1) is 8.05. The average molecular weight is 153 g/mol. The van der Waals surface area contributed by atoms with Crippen molar-refractivity contribution in [1.82, 2.24) is 0 Å². The van der Waals surface area contributed by atoms with Crippen LogP contribution in [0.25, 0.3) is 0 Å². The van der Waals surface area contributed by atoms with E-state index in [1.165, 1.54) is 0 Å². The van der Waals surface area contributed by atoms with E-state index in [9.17, 15) is 4.79 Å². The summed E-state index contributed by atoms with van der Waals surface area (Å²) in [4.78, 5) is 11.1. The summed E-state index contributed by atoms with van der Waals surface area (Å²) in [7, 11) is 0. The van der Waals surface area contributed by atoms with Crippen molar-refractivity contribution in [2.45, 2.75) is 18.9 Å². The molecule has 1 aliphatic rings. The van der Waals surface area contributed by atoms with Crippen molar-refractivity contribution in [2.24, 2.45) is 5.73 Å². The van der Waals surface area contributed by atoms with Crippen LogP contribution in [-0.2, 0) is 9.53 Å². The van der Waals surface area contributed by atoms with Gasteiger partial charge in [0.2, 0.25) is 0 Å². The molecule has 1 atom stereocenters. The Kier molecular flexibility index (Phi) is 1.85. The third kappa shape index (κ3) is 1.20. The van der Waals surface area contributed by atoms with Crippen LogP contribution in [0.2, 0.25) is 0 Å². The molecule has 0 aromatic rings. The van der Waals surface area contributed by atoms with Crippen molar-refractivity contribution in [3.63, 3.8) is 0 Å². The standard InChI is InChI=1S/C8H11NO2/c1-3-6-5-8(6,9)7(10)11-4-2/h1,4-5,9H2,2H3/t8-/m1/s1. The van der Waals surface area contributed by atoms with Gasteiger partial charge in [-0.05, 0) is 6.92 Å². The Bertz CT molecular complexity index is 240. The molecule has 0 aromatic heterocycles. The lowest BCUT2D eigenvalue weighted by Crippen LogP contribution is -2.35. The van der Waals surface area contributed by atoms with Gasteiger partial charge >= 0.3 is 5.97 Å². The predicted octanol–water partition coefficient (Wildman–Crippen LogP) is 0.362. The topological polar surface area (TPSA) is 52.3 Å². The second-order valence-corrected chi connectivity index (χ2v) is 2.52. The van der Waals surface area contributed by atoms with E-state index in [-0.39, 0.29) is 5.97 Å². The molecule has 1 rings (SSSR count). The Morgan fingerprint density at radius 2 is 2.64 bits per heavy atom. The minimum Gasteiger partial charge on any atom is -0.464 e. The van der Waals surface area contributed by atoms with Gasteiger partial charge in [-0.3, -0.25) is 0 Å². The zero-order chi connectivity index (χ0) is 8.48. The minimum absolute atomic E-state index is 0.363. The number of carbonyl (C=O) groups excluding carboxylic acids is 1. The van der Waals surface area contributed by atoms with Crippen LogP contribution in [-0.4, -0.2) is 18.1 Å². The van der Waals surface area contributed by atoms with E-state index in [1.807, 2.05) is 0 Å². The van der Waals surface area contributed by atoms with E-state index >= 15 is 0 Å². The lowest BCUT2D eigenvalue weighted by Gasteiger charge is -2.05. The molecule has 60 valence electrons. The van der Waals surface area contributed by atoms with Crippen LogP contribution in [0.5, 0.6) is 0 Å². The van der Waals surface area contributed by atoms with Crippen LogP contribution in [0.1, 0.15) is 13.3 Å². The normalized spacial score (nSPS) is 27.6. The molecule has 3 nitrogen and oxygen atoms in total. The number of esters is 1. The summed E-state index contributed by atoms with van der Waals surface area (Å²) in [6.45, 7) is 5.53. The number of ether oxygens (including phenoxy) is 1. The zero-order valence-electron chi connectivity index (χ0n) is 6.52. The van der Waals surface area contributed by atoms with E-state index in [0.717, 1.165) is 5.57 Å². The van der Waals surface area contributed by atoms with Gasteiger partial charge in [0.25, 0.3) is 0 Å². The van der Waals surface area contributed by atoms with Gasteiger partial charge in [-0.1, -0.05) is 6.58 Å². The summed E-state index contributed by atoms with van der Waals surface area (Å²) in [6, 6.07) is 0. The molecule has 0 bridgehead atoms. The van der Waals surface area contributed by atoms with E-state index in [1.54, 1.807) is 6.92 Å². The molecule has 0 aliphatic heterocycles. The van der Waals surface area contributed by atoms with Gasteiger partial charge in [0.05, 0.1) is 6.61 Å². The van der Waals surface area contributed by atoms with Crippen molar-refractivity contribution in [2.75, 3.05) is 6.61 Å². The Morgan fingerprint density at radius 3 is 3.00 bits per heavy atom. The highest BCUT2D eigenvalue weighted by Gasteiger charge is 2.53. The lowest BCUT2D eigenvalue weighted by molar-refractivity contribution is -0.145. The smallest absolute Gasteiger partial charge is 0.331 e. The van der Waals surface area contributed by atoms with Crippen molar-refractivity contribution in [3.05, 3.63) is 17.9 Å². The fourth-order valence-corrected chi connectivity index (χ4v) is 0.910. The maximum atomic E-state index is 11.1. The summed E-state index contributed by atoms with van der Waals surface area (Å²) in [5, 5.41) is 0. The van der Waals surface area contributed by atoms with Gasteiger partial charge in [-0.2, -0.15) is 0 Å². The summed E-state index contributed by atoms with van der Waals surface area (Å²) in [6.07, 6.45) is 0.537. The molecule has 3 heteroatoms. The SMILES string of the molecule is C=C=C1C[C@]1(N)C(=O)OCC. The molecule has 1 aliphatic carbocycles. The first-order valence-corrected chi connectivity index (χ1v) is 3.50. The number of nitrogens with two attached hydrogens (primary N) is 1. The highest BCUT2D eigenvalue weighted by molar-refractivity contribution is 5.90. The summed E-state index contributed by atoms with van der Waals surface area (Å²) < 4.78 is 4.75. The van der Waals surface area contributed by atoms with E-state index < -0.39 is 5.54 Å². The van der Waals surface area contributed by atoms with Crippen LogP contribution < -0.4 is 5.73 Å². The third-order valence-electron chi connectivity index (χ3n) is 1.72. The van der Waals surface area contributed by atoms with Crippen molar-refractivity contribution in [1.29, 1.82) is 0 Å². The maximum absolute atomic E-state index is 11.1. The number of carbonyl (C=O) groups is 1. The van der Waals surface area contributed by atoms with Crippen LogP contribution >= 0.6 is 0 Å². The van der Waals surface area contributed by atoms with Gasteiger partial charge in [-0.15, -0.1) is 5.73 Å². The molecule has 0 radical (unpaired) electrons. The molecule has 2 N–H and O–H groups in total. The first-order valence-electron chi connectivity index (χ1n) is 3.50. The summed E-state index contributed by atoms with van der Waals surface area (Å²) >= 11 is 0. The van der Waals surface area contributed by atoms with Crippen LogP contribution in [0, 0.1) is 0 Å². The molecule has 0 spiro atoms. The Balaban J connectivity index is 2.63. The Labute approximate surface area is 65.5 Å². The Hall–Kier alpha value is -1.05. The Morgan fingerprint density at radius 1 is 2.00 bits per heavy atom. The molecule has 1 fully saturated rings. The van der Waals surface area contributed by atoms with E-state index in [2.05, 4.69) is 12.3 Å². The lowest BCUT2D eigenvalue weighted by atomic mass is 10.3. The average Bonchev–Trinajstić information content (AvgIpc) is 2.64. The minimum atomic E-state index is -0.891. The molecular weight excluding hydrogens is 142 g/mol. The highest BCUT2D eigenvalue weighted by Crippen LogP contribution is 2.40. The molecule has 1 saturated carbocycles. The zero-order valence-corrected chi connectivity index (χ0v) is 6.52. The fourth-order valence-electron chi connectivity index (χ4n) is 0.910. The third-order valence-corrected chi connectivity index (χ3v) is 1.72. The first-order chi connectivity index (χ1) is 5.15. The quantitative estimate of drug-likeness (QED) is 0.460. The van der Waals surface area contributed by atoms with E-state index in [0.29, 0.717) is 13.0 Å². The molecule has 11 heavy (non-hydrogen) atoms. The predicted molar refractivity (Wildman–Crippen MR) is 40.8 cm³/mol. The van der Waals surface area contributed by atoms with Crippen LogP contribution in [0.3, 0.4) is 0 Å². The molecule has 0 amide bonds. The van der Waals surface area contributed by atoms with E-state index in [4.69, 9.17) is 10.5 Å². The number of hydrogen-bond donors (Lipinski definition) is 1. The van der Waals surface area contributed by atoms with Gasteiger partial charge in [0, 0.05) is 12.0 Å². The largest absolute Gasteiger partial charge is 0.464 e. The van der Waals surface area contributed by atoms with Crippen LogP contribution in [0.4, 0.5) is 0 Å². The molecule has 0 heterocycles. The van der Waals surface area contributed by atoms with Crippen molar-refractivity contribution in [3.8, 4) is 0 Å². The summed E-state index contributed by atoms with van der Waals surface area (Å²) in [5.74, 6) is -0.369. The fraction of sp³-hybridized carbons (Fsp3) is 0.500. The van der Waals surface area contributed by atoms with Crippen molar-refractivity contribution >= 4 is 5.97 Å².